The summed E-state index contributed by atoms with van der Waals surface area (Å²) >= 11 is 0. The average molecular weight is 184 g/mol. The highest BCUT2D eigenvalue weighted by Gasteiger charge is 2.17. The smallest absolute Gasteiger partial charge is 0.0971 e. The van der Waals surface area contributed by atoms with Crippen LogP contribution in [0.3, 0.4) is 0 Å². The molecule has 0 aliphatic rings. The van der Waals surface area contributed by atoms with Crippen LogP contribution in [0.25, 0.3) is 0 Å². The van der Waals surface area contributed by atoms with Crippen molar-refractivity contribution in [2.24, 2.45) is 18.5 Å². The third-order valence-electron chi connectivity index (χ3n) is 1.97. The van der Waals surface area contributed by atoms with Crippen LogP contribution in [-0.4, -0.2) is 27.5 Å². The highest BCUT2D eigenvalue weighted by molar-refractivity contribution is 5.09. The monoisotopic (exact) mass is 184 g/mol. The van der Waals surface area contributed by atoms with Gasteiger partial charge in [-0.3, -0.25) is 4.68 Å². The van der Waals surface area contributed by atoms with E-state index in [0.717, 1.165) is 5.56 Å². The zero-order chi connectivity index (χ0) is 9.84. The van der Waals surface area contributed by atoms with E-state index >= 15 is 0 Å². The van der Waals surface area contributed by atoms with E-state index in [-0.39, 0.29) is 6.04 Å². The first-order chi connectivity index (χ1) is 6.15. The van der Waals surface area contributed by atoms with Crippen LogP contribution in [0.5, 0.6) is 0 Å². The summed E-state index contributed by atoms with van der Waals surface area (Å²) in [5.74, 6) is 0. The van der Waals surface area contributed by atoms with Crippen LogP contribution in [0.2, 0.25) is 0 Å². The lowest BCUT2D eigenvalue weighted by atomic mass is 10.0. The normalized spacial score (nSPS) is 15.7. The molecule has 0 fully saturated rings. The number of hydrogen-bond donors (Lipinski definition) is 3. The fraction of sp³-hybridized carbons (Fsp3) is 0.625. The number of nitrogens with zero attached hydrogens (tertiary/aromatic N) is 2. The lowest BCUT2D eigenvalue weighted by Gasteiger charge is -2.16. The molecule has 13 heavy (non-hydrogen) atoms. The molecule has 1 aromatic heterocycles. The van der Waals surface area contributed by atoms with Crippen LogP contribution in [0, 0.1) is 0 Å². The molecule has 0 saturated heterocycles. The molecule has 0 saturated carbocycles. The maximum Gasteiger partial charge on any atom is 0.0971 e. The Morgan fingerprint density at radius 1 is 1.69 bits per heavy atom. The summed E-state index contributed by atoms with van der Waals surface area (Å²) in [5.41, 5.74) is 11.8. The summed E-state index contributed by atoms with van der Waals surface area (Å²) in [6.45, 7) is 0.485. The van der Waals surface area contributed by atoms with E-state index in [4.69, 9.17) is 11.5 Å². The second-order valence-electron chi connectivity index (χ2n) is 3.13. The van der Waals surface area contributed by atoms with Crippen molar-refractivity contribution >= 4 is 0 Å². The minimum atomic E-state index is -0.669. The van der Waals surface area contributed by atoms with Gasteiger partial charge in [0.1, 0.15) is 0 Å². The van der Waals surface area contributed by atoms with Gasteiger partial charge in [-0.1, -0.05) is 0 Å². The van der Waals surface area contributed by atoms with Gasteiger partial charge in [-0.05, 0) is 13.0 Å². The molecule has 2 atom stereocenters. The number of aliphatic hydroxyl groups excluding tert-OH is 1. The Morgan fingerprint density at radius 3 is 2.85 bits per heavy atom. The maximum absolute atomic E-state index is 9.70. The first-order valence-electron chi connectivity index (χ1n) is 4.27. The summed E-state index contributed by atoms with van der Waals surface area (Å²) in [7, 11) is 1.80. The molecular weight excluding hydrogens is 168 g/mol. The molecule has 1 rings (SSSR count). The van der Waals surface area contributed by atoms with Crippen molar-refractivity contribution in [3.05, 3.63) is 18.0 Å². The quantitative estimate of drug-likeness (QED) is 0.567. The van der Waals surface area contributed by atoms with Crippen LogP contribution in [0.15, 0.2) is 12.4 Å². The van der Waals surface area contributed by atoms with E-state index in [9.17, 15) is 5.11 Å². The third-order valence-corrected chi connectivity index (χ3v) is 1.97. The van der Waals surface area contributed by atoms with Crippen molar-refractivity contribution in [3.63, 3.8) is 0 Å². The van der Waals surface area contributed by atoms with Crippen LogP contribution >= 0.6 is 0 Å². The fourth-order valence-corrected chi connectivity index (χ4v) is 1.19. The van der Waals surface area contributed by atoms with Crippen LogP contribution in [-0.2, 0) is 7.05 Å². The number of rotatable bonds is 4. The van der Waals surface area contributed by atoms with Gasteiger partial charge >= 0.3 is 0 Å². The van der Waals surface area contributed by atoms with Crippen molar-refractivity contribution in [3.8, 4) is 0 Å². The second-order valence-corrected chi connectivity index (χ2v) is 3.13. The molecule has 0 amide bonds. The molecule has 0 bridgehead atoms. The molecule has 74 valence electrons. The van der Waals surface area contributed by atoms with E-state index in [1.807, 2.05) is 0 Å². The Labute approximate surface area is 77.3 Å². The number of aryl methyl sites for hydroxylation is 1. The van der Waals surface area contributed by atoms with Crippen molar-refractivity contribution in [2.75, 3.05) is 6.54 Å². The molecule has 1 aromatic rings. The molecule has 0 aromatic carbocycles. The van der Waals surface area contributed by atoms with E-state index in [2.05, 4.69) is 5.10 Å². The summed E-state index contributed by atoms with van der Waals surface area (Å²) in [6.07, 6.45) is 3.30. The predicted molar refractivity (Wildman–Crippen MR) is 49.8 cm³/mol. The van der Waals surface area contributed by atoms with Crippen molar-refractivity contribution in [1.29, 1.82) is 0 Å². The molecule has 2 unspecified atom stereocenters. The van der Waals surface area contributed by atoms with Crippen LogP contribution < -0.4 is 11.5 Å². The Hall–Kier alpha value is -0.910. The number of aliphatic hydroxyl groups is 1. The van der Waals surface area contributed by atoms with Crippen molar-refractivity contribution in [2.45, 2.75) is 18.6 Å². The number of aromatic nitrogens is 2. The molecular formula is C8H16N4O. The fourth-order valence-electron chi connectivity index (χ4n) is 1.19. The van der Waals surface area contributed by atoms with Gasteiger partial charge in [-0.2, -0.15) is 5.10 Å². The summed E-state index contributed by atoms with van der Waals surface area (Å²) < 4.78 is 1.63. The molecule has 5 heteroatoms. The van der Waals surface area contributed by atoms with Gasteiger partial charge in [0.25, 0.3) is 0 Å². The largest absolute Gasteiger partial charge is 0.387 e. The molecule has 0 aliphatic heterocycles. The van der Waals surface area contributed by atoms with Crippen LogP contribution in [0.4, 0.5) is 0 Å². The van der Waals surface area contributed by atoms with Crippen molar-refractivity contribution in [1.82, 2.24) is 9.78 Å². The SMILES string of the molecule is Cn1cc(C(O)C(N)CCN)cn1. The van der Waals surface area contributed by atoms with Gasteiger partial charge in [0.15, 0.2) is 0 Å². The first-order valence-corrected chi connectivity index (χ1v) is 4.27. The molecule has 5 nitrogen and oxygen atoms in total. The first kappa shape index (κ1) is 10.2. The highest BCUT2D eigenvalue weighted by atomic mass is 16.3. The van der Waals surface area contributed by atoms with Gasteiger partial charge in [-0.25, -0.2) is 0 Å². The lowest BCUT2D eigenvalue weighted by molar-refractivity contribution is 0.143. The second kappa shape index (κ2) is 4.36. The Kier molecular flexibility index (Phi) is 3.41. The molecule has 0 aliphatic carbocycles. The summed E-state index contributed by atoms with van der Waals surface area (Å²) in [6, 6.07) is -0.311. The third kappa shape index (κ3) is 2.51. The summed E-state index contributed by atoms with van der Waals surface area (Å²) in [4.78, 5) is 0. The topological polar surface area (TPSA) is 90.1 Å². The van der Waals surface area contributed by atoms with Gasteiger partial charge in [0, 0.05) is 24.8 Å². The molecule has 0 spiro atoms. The highest BCUT2D eigenvalue weighted by Crippen LogP contribution is 2.15. The minimum Gasteiger partial charge on any atom is -0.387 e. The van der Waals surface area contributed by atoms with Crippen molar-refractivity contribution < 1.29 is 5.11 Å². The van der Waals surface area contributed by atoms with Gasteiger partial charge in [0.05, 0.1) is 12.3 Å². The molecule has 5 N–H and O–H groups in total. The van der Waals surface area contributed by atoms with Crippen LogP contribution in [0.1, 0.15) is 18.1 Å². The maximum atomic E-state index is 9.70. The summed E-state index contributed by atoms with van der Waals surface area (Å²) in [5, 5.41) is 13.6. The number of hydrogen-bond acceptors (Lipinski definition) is 4. The van der Waals surface area contributed by atoms with Gasteiger partial charge in [-0.15, -0.1) is 0 Å². The Bertz CT molecular complexity index is 260. The van der Waals surface area contributed by atoms with Gasteiger partial charge < -0.3 is 16.6 Å². The van der Waals surface area contributed by atoms with E-state index in [1.165, 1.54) is 0 Å². The molecule has 1 heterocycles. The standard InChI is InChI=1S/C8H16N4O/c1-12-5-6(4-11-12)8(13)7(10)2-3-9/h4-5,7-8,13H,2-3,9-10H2,1H3. The van der Waals surface area contributed by atoms with E-state index < -0.39 is 6.10 Å². The Morgan fingerprint density at radius 2 is 2.38 bits per heavy atom. The predicted octanol–water partition coefficient (Wildman–Crippen LogP) is -0.870. The number of nitrogens with two attached hydrogens (primary N) is 2. The minimum absolute atomic E-state index is 0.311. The van der Waals surface area contributed by atoms with E-state index in [0.29, 0.717) is 13.0 Å². The molecule has 0 radical (unpaired) electrons. The zero-order valence-corrected chi connectivity index (χ0v) is 7.72. The Balaban J connectivity index is 2.61. The average Bonchev–Trinajstić information content (AvgIpc) is 2.51. The van der Waals surface area contributed by atoms with E-state index in [1.54, 1.807) is 24.1 Å². The zero-order valence-electron chi connectivity index (χ0n) is 7.72. The van der Waals surface area contributed by atoms with Gasteiger partial charge in [0.2, 0.25) is 0 Å². The lowest BCUT2D eigenvalue weighted by Crippen LogP contribution is -2.30.